The number of ketones is 1. The van der Waals surface area contributed by atoms with E-state index in [1.807, 2.05) is 6.07 Å². The number of Topliss-reactive ketones (excluding diaryl/α,β-unsaturated/α-hetero) is 1. The minimum atomic E-state index is -1.19. The Morgan fingerprint density at radius 2 is 2.21 bits per heavy atom. The number of aromatic nitrogens is 3. The van der Waals surface area contributed by atoms with Crippen molar-refractivity contribution in [2.24, 2.45) is 0 Å². The van der Waals surface area contributed by atoms with E-state index in [4.69, 9.17) is 5.11 Å². The number of amides is 1. The molecule has 0 bridgehead atoms. The number of carboxylic acid groups (broad SMARTS) is 1. The van der Waals surface area contributed by atoms with Crippen LogP contribution in [0.3, 0.4) is 0 Å². The molecule has 0 aliphatic rings. The van der Waals surface area contributed by atoms with Crippen LogP contribution in [0.4, 0.5) is 10.6 Å². The first kappa shape index (κ1) is 12.7. The summed E-state index contributed by atoms with van der Waals surface area (Å²) in [5.74, 6) is 0.152. The second-order valence-corrected chi connectivity index (χ2v) is 3.95. The molecule has 1 heterocycles. The summed E-state index contributed by atoms with van der Waals surface area (Å²) >= 11 is 0. The zero-order valence-electron chi connectivity index (χ0n) is 10.2. The van der Waals surface area contributed by atoms with E-state index in [-0.39, 0.29) is 11.6 Å². The number of carbonyl (C=O) groups is 2. The molecule has 2 N–H and O–H groups in total. The lowest BCUT2D eigenvalue weighted by molar-refractivity contribution is 0.101. The van der Waals surface area contributed by atoms with Gasteiger partial charge in [0.1, 0.15) is 0 Å². The Labute approximate surface area is 108 Å². The fourth-order valence-electron chi connectivity index (χ4n) is 1.59. The molecule has 0 fully saturated rings. The molecule has 0 spiro atoms. The summed E-state index contributed by atoms with van der Waals surface area (Å²) in [6.45, 7) is 1.86. The Morgan fingerprint density at radius 3 is 2.89 bits per heavy atom. The molecule has 1 aromatic carbocycles. The van der Waals surface area contributed by atoms with Crippen molar-refractivity contribution >= 4 is 17.7 Å². The van der Waals surface area contributed by atoms with Crippen molar-refractivity contribution in [3.63, 3.8) is 0 Å². The van der Waals surface area contributed by atoms with Crippen LogP contribution >= 0.6 is 0 Å². The first-order valence-corrected chi connectivity index (χ1v) is 5.54. The van der Waals surface area contributed by atoms with Crippen LogP contribution < -0.4 is 5.32 Å². The van der Waals surface area contributed by atoms with Gasteiger partial charge in [0.15, 0.2) is 11.6 Å². The Hall–Kier alpha value is -2.70. The fourth-order valence-corrected chi connectivity index (χ4v) is 1.59. The first-order valence-electron chi connectivity index (χ1n) is 5.54. The van der Waals surface area contributed by atoms with Crippen LogP contribution in [-0.2, 0) is 6.54 Å². The van der Waals surface area contributed by atoms with Crippen LogP contribution in [0, 0.1) is 0 Å². The predicted octanol–water partition coefficient (Wildman–Crippen LogP) is 1.62. The molecular formula is C12H12N4O3. The van der Waals surface area contributed by atoms with Gasteiger partial charge in [-0.05, 0) is 18.6 Å². The van der Waals surface area contributed by atoms with E-state index in [1.165, 1.54) is 17.9 Å². The lowest BCUT2D eigenvalue weighted by Gasteiger charge is -2.02. The number of nitrogens with one attached hydrogen (secondary N) is 1. The lowest BCUT2D eigenvalue weighted by atomic mass is 10.1. The standard InChI is InChI=1S/C12H12N4O3/c1-8(17)10-4-2-3-9(5-10)7-16-13-6-11(15-16)14-12(18)19/h2-6H,7H2,1H3,(H,14,15)(H,18,19). The van der Waals surface area contributed by atoms with Crippen LogP contribution in [-0.4, -0.2) is 32.0 Å². The molecule has 0 unspecified atom stereocenters. The van der Waals surface area contributed by atoms with Crippen molar-refractivity contribution in [2.45, 2.75) is 13.5 Å². The van der Waals surface area contributed by atoms with Crippen molar-refractivity contribution in [1.82, 2.24) is 15.0 Å². The van der Waals surface area contributed by atoms with E-state index in [0.717, 1.165) is 5.56 Å². The molecule has 98 valence electrons. The maximum Gasteiger partial charge on any atom is 0.410 e. The van der Waals surface area contributed by atoms with Crippen molar-refractivity contribution in [2.75, 3.05) is 5.32 Å². The minimum absolute atomic E-state index is 0.0106. The highest BCUT2D eigenvalue weighted by Gasteiger charge is 2.05. The number of carbonyl (C=O) groups excluding carboxylic acids is 1. The molecular weight excluding hydrogens is 248 g/mol. The van der Waals surface area contributed by atoms with E-state index >= 15 is 0 Å². The van der Waals surface area contributed by atoms with Gasteiger partial charge in [0.05, 0.1) is 12.7 Å². The third kappa shape index (κ3) is 3.38. The Balaban J connectivity index is 2.12. The van der Waals surface area contributed by atoms with E-state index in [0.29, 0.717) is 12.1 Å². The van der Waals surface area contributed by atoms with Crippen molar-refractivity contribution in [3.05, 3.63) is 41.6 Å². The van der Waals surface area contributed by atoms with Gasteiger partial charge in [-0.2, -0.15) is 9.90 Å². The quantitative estimate of drug-likeness (QED) is 0.814. The summed E-state index contributed by atoms with van der Waals surface area (Å²) in [6.07, 6.45) is 0.133. The van der Waals surface area contributed by atoms with Gasteiger partial charge < -0.3 is 5.11 Å². The van der Waals surface area contributed by atoms with Crippen LogP contribution in [0.15, 0.2) is 30.5 Å². The molecule has 0 saturated heterocycles. The van der Waals surface area contributed by atoms with Crippen molar-refractivity contribution in [3.8, 4) is 0 Å². The molecule has 19 heavy (non-hydrogen) atoms. The summed E-state index contributed by atoms with van der Waals surface area (Å²) in [7, 11) is 0. The molecule has 0 aliphatic heterocycles. The van der Waals surface area contributed by atoms with E-state index in [9.17, 15) is 9.59 Å². The molecule has 7 nitrogen and oxygen atoms in total. The summed E-state index contributed by atoms with van der Waals surface area (Å²) in [4.78, 5) is 23.0. The highest BCUT2D eigenvalue weighted by molar-refractivity contribution is 5.94. The number of benzene rings is 1. The summed E-state index contributed by atoms with van der Waals surface area (Å²) in [5.41, 5.74) is 1.48. The maximum absolute atomic E-state index is 11.3. The Bertz CT molecular complexity index is 621. The van der Waals surface area contributed by atoms with Crippen LogP contribution in [0.25, 0.3) is 0 Å². The molecule has 2 aromatic rings. The number of hydrogen-bond donors (Lipinski definition) is 2. The maximum atomic E-state index is 11.3. The van der Waals surface area contributed by atoms with Gasteiger partial charge in [0.25, 0.3) is 0 Å². The summed E-state index contributed by atoms with van der Waals surface area (Å²) in [6, 6.07) is 7.13. The average Bonchev–Trinajstić information content (AvgIpc) is 2.76. The van der Waals surface area contributed by atoms with Gasteiger partial charge in [-0.15, -0.1) is 5.10 Å². The molecule has 0 radical (unpaired) electrons. The van der Waals surface area contributed by atoms with Gasteiger partial charge in [0, 0.05) is 5.56 Å². The van der Waals surface area contributed by atoms with Gasteiger partial charge in [0.2, 0.25) is 0 Å². The largest absolute Gasteiger partial charge is 0.465 e. The average molecular weight is 260 g/mol. The smallest absolute Gasteiger partial charge is 0.410 e. The fraction of sp³-hybridized carbons (Fsp3) is 0.167. The predicted molar refractivity (Wildman–Crippen MR) is 67.2 cm³/mol. The topological polar surface area (TPSA) is 97.1 Å². The lowest BCUT2D eigenvalue weighted by Crippen LogP contribution is -2.09. The summed E-state index contributed by atoms with van der Waals surface area (Å²) < 4.78 is 0. The number of nitrogens with zero attached hydrogens (tertiary/aromatic N) is 3. The minimum Gasteiger partial charge on any atom is -0.465 e. The first-order chi connectivity index (χ1) is 9.04. The van der Waals surface area contributed by atoms with Gasteiger partial charge >= 0.3 is 6.09 Å². The van der Waals surface area contributed by atoms with Crippen LogP contribution in [0.5, 0.6) is 0 Å². The van der Waals surface area contributed by atoms with E-state index in [1.54, 1.807) is 18.2 Å². The molecule has 0 aliphatic carbocycles. The van der Waals surface area contributed by atoms with Gasteiger partial charge in [-0.1, -0.05) is 18.2 Å². The van der Waals surface area contributed by atoms with E-state index in [2.05, 4.69) is 15.5 Å². The highest BCUT2D eigenvalue weighted by atomic mass is 16.4. The Morgan fingerprint density at radius 1 is 1.42 bits per heavy atom. The highest BCUT2D eigenvalue weighted by Crippen LogP contribution is 2.08. The number of rotatable bonds is 4. The van der Waals surface area contributed by atoms with Gasteiger partial charge in [-0.25, -0.2) is 4.79 Å². The number of hydrogen-bond acceptors (Lipinski definition) is 4. The van der Waals surface area contributed by atoms with Crippen LogP contribution in [0.2, 0.25) is 0 Å². The third-order valence-electron chi connectivity index (χ3n) is 2.43. The summed E-state index contributed by atoms with van der Waals surface area (Å²) in [5, 5.41) is 18.5. The molecule has 0 saturated carbocycles. The van der Waals surface area contributed by atoms with Crippen molar-refractivity contribution in [1.29, 1.82) is 0 Å². The zero-order valence-corrected chi connectivity index (χ0v) is 10.2. The normalized spacial score (nSPS) is 10.2. The molecule has 7 heteroatoms. The molecule has 1 aromatic heterocycles. The third-order valence-corrected chi connectivity index (χ3v) is 2.43. The molecule has 0 atom stereocenters. The Kier molecular flexibility index (Phi) is 3.56. The number of anilines is 1. The SMILES string of the molecule is CC(=O)c1cccc(Cn2ncc(NC(=O)O)n2)c1. The van der Waals surface area contributed by atoms with E-state index < -0.39 is 6.09 Å². The molecule has 2 rings (SSSR count). The van der Waals surface area contributed by atoms with Crippen molar-refractivity contribution < 1.29 is 14.7 Å². The van der Waals surface area contributed by atoms with Crippen LogP contribution in [0.1, 0.15) is 22.8 Å². The monoisotopic (exact) mass is 260 g/mol. The second-order valence-electron chi connectivity index (χ2n) is 3.95. The zero-order chi connectivity index (χ0) is 13.8. The van der Waals surface area contributed by atoms with Gasteiger partial charge in [-0.3, -0.25) is 10.1 Å². The second kappa shape index (κ2) is 5.30. The molecule has 1 amide bonds.